The number of hydrogen-bond donors (Lipinski definition) is 1. The zero-order valence-electron chi connectivity index (χ0n) is 9.20. The Balaban J connectivity index is 2.73. The monoisotopic (exact) mass is 208 g/mol. The van der Waals surface area contributed by atoms with E-state index in [-0.39, 0.29) is 0 Å². The Labute approximate surface area is 90.0 Å². The van der Waals surface area contributed by atoms with Gasteiger partial charge < -0.3 is 5.73 Å². The van der Waals surface area contributed by atoms with Crippen molar-refractivity contribution < 1.29 is 4.39 Å². The van der Waals surface area contributed by atoms with E-state index in [4.69, 9.17) is 5.73 Å². The van der Waals surface area contributed by atoms with Gasteiger partial charge in [0.1, 0.15) is 0 Å². The number of rotatable bonds is 4. The molecular formula is C12H17FN2. The molecule has 0 saturated heterocycles. The molecule has 0 radical (unpaired) electrons. The summed E-state index contributed by atoms with van der Waals surface area (Å²) in [5, 5.41) is 0. The highest BCUT2D eigenvalue weighted by Crippen LogP contribution is 2.20. The summed E-state index contributed by atoms with van der Waals surface area (Å²) in [6.45, 7) is 3.56. The number of aryl methyl sites for hydroxylation is 2. The topological polar surface area (TPSA) is 38.4 Å². The number of aliphatic imine (C=N–C) groups is 1. The number of alkyl halides is 1. The molecule has 2 nitrogen and oxygen atoms in total. The molecular weight excluding hydrogens is 191 g/mol. The van der Waals surface area contributed by atoms with Gasteiger partial charge in [-0.3, -0.25) is 0 Å². The molecule has 0 aliphatic rings. The molecule has 82 valence electrons. The molecule has 0 aromatic heterocycles. The largest absolute Gasteiger partial charge is 0.390 e. The first-order valence-corrected chi connectivity index (χ1v) is 5.11. The van der Waals surface area contributed by atoms with Crippen molar-refractivity contribution >= 4 is 12.0 Å². The van der Waals surface area contributed by atoms with Crippen molar-refractivity contribution in [3.05, 3.63) is 29.3 Å². The Morgan fingerprint density at radius 1 is 1.53 bits per heavy atom. The Morgan fingerprint density at radius 2 is 2.27 bits per heavy atom. The van der Waals surface area contributed by atoms with Gasteiger partial charge in [0.15, 0.2) is 0 Å². The molecule has 1 aromatic carbocycles. The van der Waals surface area contributed by atoms with E-state index in [9.17, 15) is 4.39 Å². The summed E-state index contributed by atoms with van der Waals surface area (Å²) >= 11 is 0. The number of nitrogens with zero attached hydrogens (tertiary/aromatic N) is 1. The highest BCUT2D eigenvalue weighted by atomic mass is 19.1. The van der Waals surface area contributed by atoms with Crippen molar-refractivity contribution in [1.82, 2.24) is 0 Å². The lowest BCUT2D eigenvalue weighted by molar-refractivity contribution is 0.341. The molecule has 0 bridgehead atoms. The summed E-state index contributed by atoms with van der Waals surface area (Å²) in [7, 11) is 0. The summed E-state index contributed by atoms with van der Waals surface area (Å²) in [4.78, 5) is 4.02. The Morgan fingerprint density at radius 3 is 2.80 bits per heavy atom. The SMILES string of the molecule is Cc1cc(CCC(C)F)ccc1N=CN. The van der Waals surface area contributed by atoms with Gasteiger partial charge in [0.05, 0.1) is 18.2 Å². The fourth-order valence-electron chi connectivity index (χ4n) is 1.46. The van der Waals surface area contributed by atoms with Gasteiger partial charge in [-0.25, -0.2) is 9.38 Å². The molecule has 0 aliphatic heterocycles. The van der Waals surface area contributed by atoms with Crippen LogP contribution in [0.5, 0.6) is 0 Å². The first kappa shape index (κ1) is 11.7. The van der Waals surface area contributed by atoms with Gasteiger partial charge in [-0.2, -0.15) is 0 Å². The summed E-state index contributed by atoms with van der Waals surface area (Å²) in [5.74, 6) is 0. The van der Waals surface area contributed by atoms with Gasteiger partial charge in [-0.15, -0.1) is 0 Å². The standard InChI is InChI=1S/C12H17FN2/c1-9-7-11(4-3-10(2)13)5-6-12(9)15-8-14/h5-8,10H,3-4H2,1-2H3,(H2,14,15). The van der Waals surface area contributed by atoms with E-state index in [1.807, 2.05) is 25.1 Å². The van der Waals surface area contributed by atoms with Crippen LogP contribution in [0.2, 0.25) is 0 Å². The van der Waals surface area contributed by atoms with E-state index in [2.05, 4.69) is 4.99 Å². The molecule has 0 aliphatic carbocycles. The van der Waals surface area contributed by atoms with Crippen molar-refractivity contribution in [3.63, 3.8) is 0 Å². The van der Waals surface area contributed by atoms with Gasteiger partial charge in [-0.1, -0.05) is 12.1 Å². The lowest BCUT2D eigenvalue weighted by Gasteiger charge is -2.05. The maximum Gasteiger partial charge on any atom is 0.0976 e. The second kappa shape index (κ2) is 5.49. The first-order chi connectivity index (χ1) is 7.13. The predicted octanol–water partition coefficient (Wildman–Crippen LogP) is 2.90. The van der Waals surface area contributed by atoms with E-state index in [1.54, 1.807) is 6.92 Å². The van der Waals surface area contributed by atoms with Crippen LogP contribution in [-0.2, 0) is 6.42 Å². The van der Waals surface area contributed by atoms with Crippen molar-refractivity contribution in [2.45, 2.75) is 32.9 Å². The third-order valence-electron chi connectivity index (χ3n) is 2.31. The van der Waals surface area contributed by atoms with Crippen molar-refractivity contribution in [2.75, 3.05) is 0 Å². The fourth-order valence-corrected chi connectivity index (χ4v) is 1.46. The molecule has 1 aromatic rings. The van der Waals surface area contributed by atoms with Crippen molar-refractivity contribution in [2.24, 2.45) is 10.7 Å². The van der Waals surface area contributed by atoms with Gasteiger partial charge in [0, 0.05) is 0 Å². The lowest BCUT2D eigenvalue weighted by Crippen LogP contribution is -1.96. The van der Waals surface area contributed by atoms with E-state index in [1.165, 1.54) is 6.34 Å². The van der Waals surface area contributed by atoms with Crippen molar-refractivity contribution in [1.29, 1.82) is 0 Å². The van der Waals surface area contributed by atoms with Crippen LogP contribution >= 0.6 is 0 Å². The third-order valence-corrected chi connectivity index (χ3v) is 2.31. The Kier molecular flexibility index (Phi) is 4.28. The minimum absolute atomic E-state index is 0.568. The molecule has 0 heterocycles. The van der Waals surface area contributed by atoms with Crippen LogP contribution in [0.1, 0.15) is 24.5 Å². The number of hydrogen-bond acceptors (Lipinski definition) is 1. The molecule has 1 unspecified atom stereocenters. The van der Waals surface area contributed by atoms with E-state index >= 15 is 0 Å². The number of benzene rings is 1. The zero-order valence-corrected chi connectivity index (χ0v) is 9.20. The van der Waals surface area contributed by atoms with Crippen LogP contribution < -0.4 is 5.73 Å². The van der Waals surface area contributed by atoms with Gasteiger partial charge >= 0.3 is 0 Å². The van der Waals surface area contributed by atoms with Gasteiger partial charge in [-0.05, 0) is 43.9 Å². The smallest absolute Gasteiger partial charge is 0.0976 e. The maximum atomic E-state index is 12.6. The molecule has 3 heteroatoms. The molecule has 1 atom stereocenters. The summed E-state index contributed by atoms with van der Waals surface area (Å²) in [6, 6.07) is 5.92. The Hall–Kier alpha value is -1.38. The van der Waals surface area contributed by atoms with Crippen LogP contribution in [0, 0.1) is 6.92 Å². The average molecular weight is 208 g/mol. The molecule has 0 spiro atoms. The van der Waals surface area contributed by atoms with Crippen LogP contribution in [0.25, 0.3) is 0 Å². The molecule has 2 N–H and O–H groups in total. The first-order valence-electron chi connectivity index (χ1n) is 5.11. The number of nitrogens with two attached hydrogens (primary N) is 1. The summed E-state index contributed by atoms with van der Waals surface area (Å²) in [5.41, 5.74) is 8.31. The quantitative estimate of drug-likeness (QED) is 0.599. The van der Waals surface area contributed by atoms with E-state index < -0.39 is 6.17 Å². The second-order valence-electron chi connectivity index (χ2n) is 3.72. The normalized spacial score (nSPS) is 13.3. The molecule has 0 saturated carbocycles. The van der Waals surface area contributed by atoms with E-state index in [0.717, 1.165) is 23.2 Å². The highest BCUT2D eigenvalue weighted by molar-refractivity contribution is 5.61. The predicted molar refractivity (Wildman–Crippen MR) is 62.4 cm³/mol. The summed E-state index contributed by atoms with van der Waals surface area (Å²) < 4.78 is 12.6. The maximum absolute atomic E-state index is 12.6. The zero-order chi connectivity index (χ0) is 11.3. The molecule has 15 heavy (non-hydrogen) atoms. The van der Waals surface area contributed by atoms with Crippen LogP contribution in [0.15, 0.2) is 23.2 Å². The van der Waals surface area contributed by atoms with Crippen molar-refractivity contribution in [3.8, 4) is 0 Å². The highest BCUT2D eigenvalue weighted by Gasteiger charge is 2.01. The molecule has 1 rings (SSSR count). The van der Waals surface area contributed by atoms with Crippen LogP contribution in [0.3, 0.4) is 0 Å². The summed E-state index contributed by atoms with van der Waals surface area (Å²) in [6.07, 6.45) is 1.88. The minimum atomic E-state index is -0.743. The minimum Gasteiger partial charge on any atom is -0.390 e. The second-order valence-corrected chi connectivity index (χ2v) is 3.72. The number of halogens is 1. The fraction of sp³-hybridized carbons (Fsp3) is 0.417. The van der Waals surface area contributed by atoms with E-state index in [0.29, 0.717) is 6.42 Å². The van der Waals surface area contributed by atoms with Crippen LogP contribution in [0.4, 0.5) is 10.1 Å². The van der Waals surface area contributed by atoms with Crippen LogP contribution in [-0.4, -0.2) is 12.5 Å². The lowest BCUT2D eigenvalue weighted by atomic mass is 10.0. The molecule has 0 amide bonds. The average Bonchev–Trinajstić information content (AvgIpc) is 2.19. The van der Waals surface area contributed by atoms with Gasteiger partial charge in [0.25, 0.3) is 0 Å². The Bertz CT molecular complexity index is 345. The third kappa shape index (κ3) is 3.70. The molecule has 0 fully saturated rings. The van der Waals surface area contributed by atoms with Gasteiger partial charge in [0.2, 0.25) is 0 Å².